The second-order valence-corrected chi connectivity index (χ2v) is 5.51. The van der Waals surface area contributed by atoms with Gasteiger partial charge in [-0.25, -0.2) is 4.68 Å². The molecular weight excluding hydrogens is 272 g/mol. The van der Waals surface area contributed by atoms with Gasteiger partial charge in [-0.3, -0.25) is 4.79 Å². The number of benzene rings is 1. The Morgan fingerprint density at radius 3 is 2.95 bits per heavy atom. The van der Waals surface area contributed by atoms with Crippen molar-refractivity contribution in [1.82, 2.24) is 20.3 Å². The zero-order chi connectivity index (χ0) is 14.4. The van der Waals surface area contributed by atoms with E-state index in [1.165, 1.54) is 0 Å². The lowest BCUT2D eigenvalue weighted by Crippen LogP contribution is -2.33. The van der Waals surface area contributed by atoms with Crippen LogP contribution in [0.15, 0.2) is 36.7 Å². The zero-order valence-corrected chi connectivity index (χ0v) is 12.4. The van der Waals surface area contributed by atoms with E-state index >= 15 is 0 Å². The summed E-state index contributed by atoms with van der Waals surface area (Å²) >= 11 is 1.78. The molecule has 0 unspecified atom stereocenters. The van der Waals surface area contributed by atoms with E-state index < -0.39 is 0 Å². The minimum absolute atomic E-state index is 0.0790. The molecule has 106 valence electrons. The first-order valence-electron chi connectivity index (χ1n) is 6.48. The Morgan fingerprint density at radius 1 is 1.45 bits per heavy atom. The molecule has 0 radical (unpaired) electrons. The maximum Gasteiger partial charge on any atom is 0.253 e. The molecule has 0 aliphatic carbocycles. The molecule has 0 saturated carbocycles. The van der Waals surface area contributed by atoms with Crippen LogP contribution >= 0.6 is 11.8 Å². The molecule has 2 rings (SSSR count). The second-order valence-electron chi connectivity index (χ2n) is 4.52. The topological polar surface area (TPSA) is 59.8 Å². The first-order valence-corrected chi connectivity index (χ1v) is 7.87. The van der Waals surface area contributed by atoms with Gasteiger partial charge in [-0.15, -0.1) is 5.10 Å². The number of amides is 1. The van der Waals surface area contributed by atoms with Gasteiger partial charge in [0.1, 0.15) is 0 Å². The standard InChI is InChI=1S/C14H18N4OS/c1-11(7-10-20-2)16-14(19)12-5-3-4-6-13(12)18-9-8-15-17-18/h3-6,8-9,11H,7,10H2,1-2H3,(H,16,19)/t11-/m1/s1. The number of rotatable bonds is 6. The molecule has 1 amide bonds. The molecule has 2 aromatic rings. The summed E-state index contributed by atoms with van der Waals surface area (Å²) in [6.07, 6.45) is 6.34. The third kappa shape index (κ3) is 3.60. The van der Waals surface area contributed by atoms with Crippen molar-refractivity contribution in [2.45, 2.75) is 19.4 Å². The SMILES string of the molecule is CSCC[C@@H](C)NC(=O)c1ccccc1-n1ccnn1. The minimum atomic E-state index is -0.0790. The summed E-state index contributed by atoms with van der Waals surface area (Å²) in [7, 11) is 0. The van der Waals surface area contributed by atoms with Crippen LogP contribution in [0.3, 0.4) is 0 Å². The lowest BCUT2D eigenvalue weighted by Gasteiger charge is -2.15. The van der Waals surface area contributed by atoms with Crippen molar-refractivity contribution in [1.29, 1.82) is 0 Å². The van der Waals surface area contributed by atoms with E-state index in [1.807, 2.05) is 25.1 Å². The fourth-order valence-electron chi connectivity index (χ4n) is 1.87. The summed E-state index contributed by atoms with van der Waals surface area (Å²) in [5, 5.41) is 10.7. The van der Waals surface area contributed by atoms with E-state index in [1.54, 1.807) is 34.9 Å². The normalized spacial score (nSPS) is 12.1. The number of carbonyl (C=O) groups excluding carboxylic acids is 1. The molecule has 0 bridgehead atoms. The summed E-state index contributed by atoms with van der Waals surface area (Å²) < 4.78 is 1.60. The summed E-state index contributed by atoms with van der Waals surface area (Å²) in [4.78, 5) is 12.4. The maximum absolute atomic E-state index is 12.4. The fraction of sp³-hybridized carbons (Fsp3) is 0.357. The molecule has 1 heterocycles. The van der Waals surface area contributed by atoms with Crippen molar-refractivity contribution >= 4 is 17.7 Å². The van der Waals surface area contributed by atoms with Crippen molar-refractivity contribution in [2.75, 3.05) is 12.0 Å². The van der Waals surface area contributed by atoms with E-state index in [-0.39, 0.29) is 11.9 Å². The molecule has 1 N–H and O–H groups in total. The average molecular weight is 290 g/mol. The van der Waals surface area contributed by atoms with Gasteiger partial charge in [0.05, 0.1) is 23.6 Å². The number of hydrogen-bond donors (Lipinski definition) is 1. The monoisotopic (exact) mass is 290 g/mol. The van der Waals surface area contributed by atoms with Crippen LogP contribution in [0.25, 0.3) is 5.69 Å². The third-order valence-corrected chi connectivity index (χ3v) is 3.59. The van der Waals surface area contributed by atoms with Gasteiger partial charge in [-0.1, -0.05) is 17.3 Å². The largest absolute Gasteiger partial charge is 0.349 e. The van der Waals surface area contributed by atoms with Gasteiger partial charge in [0, 0.05) is 6.04 Å². The highest BCUT2D eigenvalue weighted by Gasteiger charge is 2.14. The number of aromatic nitrogens is 3. The summed E-state index contributed by atoms with van der Waals surface area (Å²) in [5.74, 6) is 0.955. The molecule has 5 nitrogen and oxygen atoms in total. The van der Waals surface area contributed by atoms with Crippen LogP contribution in [0.2, 0.25) is 0 Å². The van der Waals surface area contributed by atoms with E-state index in [0.717, 1.165) is 17.9 Å². The Balaban J connectivity index is 2.14. The van der Waals surface area contributed by atoms with E-state index in [9.17, 15) is 4.79 Å². The van der Waals surface area contributed by atoms with Crippen molar-refractivity contribution in [3.63, 3.8) is 0 Å². The molecule has 0 spiro atoms. The smallest absolute Gasteiger partial charge is 0.253 e. The highest BCUT2D eigenvalue weighted by atomic mass is 32.2. The van der Waals surface area contributed by atoms with Crippen LogP contribution in [0.5, 0.6) is 0 Å². The van der Waals surface area contributed by atoms with Gasteiger partial charge in [0.2, 0.25) is 0 Å². The fourth-order valence-corrected chi connectivity index (χ4v) is 2.46. The van der Waals surface area contributed by atoms with Crippen molar-refractivity contribution in [3.05, 3.63) is 42.2 Å². The Kier molecular flexibility index (Phi) is 5.17. The Labute approximate surface area is 122 Å². The number of nitrogens with zero attached hydrogens (tertiary/aromatic N) is 3. The van der Waals surface area contributed by atoms with Crippen LogP contribution in [0, 0.1) is 0 Å². The Morgan fingerprint density at radius 2 is 2.25 bits per heavy atom. The van der Waals surface area contributed by atoms with Crippen LogP contribution < -0.4 is 5.32 Å². The van der Waals surface area contributed by atoms with Crippen LogP contribution in [-0.4, -0.2) is 39.0 Å². The molecule has 1 atom stereocenters. The molecule has 6 heteroatoms. The van der Waals surface area contributed by atoms with Crippen LogP contribution in [0.1, 0.15) is 23.7 Å². The minimum Gasteiger partial charge on any atom is -0.349 e. The van der Waals surface area contributed by atoms with Gasteiger partial charge < -0.3 is 5.32 Å². The predicted octanol–water partition coefficient (Wildman–Crippen LogP) is 2.14. The highest BCUT2D eigenvalue weighted by molar-refractivity contribution is 7.98. The Bertz CT molecular complexity index is 556. The number of carbonyl (C=O) groups is 1. The first kappa shape index (κ1) is 14.6. The molecule has 20 heavy (non-hydrogen) atoms. The van der Waals surface area contributed by atoms with Crippen molar-refractivity contribution in [2.24, 2.45) is 0 Å². The van der Waals surface area contributed by atoms with Crippen molar-refractivity contribution in [3.8, 4) is 5.69 Å². The zero-order valence-electron chi connectivity index (χ0n) is 11.6. The molecule has 1 aromatic carbocycles. The molecule has 1 aromatic heterocycles. The van der Waals surface area contributed by atoms with Crippen molar-refractivity contribution < 1.29 is 4.79 Å². The van der Waals surface area contributed by atoms with Gasteiger partial charge >= 0.3 is 0 Å². The lowest BCUT2D eigenvalue weighted by molar-refractivity contribution is 0.0939. The molecule has 0 saturated heterocycles. The van der Waals surface area contributed by atoms with E-state index in [2.05, 4.69) is 21.9 Å². The number of para-hydroxylation sites is 1. The van der Waals surface area contributed by atoms with Gasteiger partial charge in [0.25, 0.3) is 5.91 Å². The number of nitrogens with one attached hydrogen (secondary N) is 1. The lowest BCUT2D eigenvalue weighted by atomic mass is 10.1. The van der Waals surface area contributed by atoms with E-state index in [4.69, 9.17) is 0 Å². The number of thioether (sulfide) groups is 1. The first-order chi connectivity index (χ1) is 9.72. The summed E-state index contributed by atoms with van der Waals surface area (Å²) in [5.41, 5.74) is 1.34. The van der Waals surface area contributed by atoms with Gasteiger partial charge in [-0.2, -0.15) is 11.8 Å². The average Bonchev–Trinajstić information content (AvgIpc) is 2.99. The van der Waals surface area contributed by atoms with E-state index in [0.29, 0.717) is 5.56 Å². The highest BCUT2D eigenvalue weighted by Crippen LogP contribution is 2.13. The third-order valence-electron chi connectivity index (χ3n) is 2.95. The second kappa shape index (κ2) is 7.09. The van der Waals surface area contributed by atoms with Crippen LogP contribution in [0.4, 0.5) is 0 Å². The van der Waals surface area contributed by atoms with Crippen LogP contribution in [-0.2, 0) is 0 Å². The molecule has 0 aliphatic rings. The number of hydrogen-bond acceptors (Lipinski definition) is 4. The summed E-state index contributed by atoms with van der Waals surface area (Å²) in [6.45, 7) is 2.02. The molecule has 0 aliphatic heterocycles. The van der Waals surface area contributed by atoms with Gasteiger partial charge in [0.15, 0.2) is 0 Å². The molecular formula is C14H18N4OS. The predicted molar refractivity (Wildman–Crippen MR) is 81.3 cm³/mol. The summed E-state index contributed by atoms with van der Waals surface area (Å²) in [6, 6.07) is 7.54. The Hall–Kier alpha value is -1.82. The molecule has 0 fully saturated rings. The van der Waals surface area contributed by atoms with Gasteiger partial charge in [-0.05, 0) is 37.5 Å². The quantitative estimate of drug-likeness (QED) is 0.885. The maximum atomic E-state index is 12.4.